The highest BCUT2D eigenvalue weighted by Gasteiger charge is 2.27. The van der Waals surface area contributed by atoms with Crippen molar-refractivity contribution in [1.82, 2.24) is 4.90 Å². The molecule has 2 aromatic carbocycles. The number of likely N-dealkylation sites (tertiary alicyclic amines) is 1. The zero-order valence-electron chi connectivity index (χ0n) is 17.5. The van der Waals surface area contributed by atoms with E-state index >= 15 is 0 Å². The maximum Gasteiger partial charge on any atom is 0.246 e. The van der Waals surface area contributed by atoms with Gasteiger partial charge in [0.25, 0.3) is 0 Å². The zero-order valence-corrected chi connectivity index (χ0v) is 17.5. The number of carbonyl (C=O) groups excluding carboxylic acids is 2. The molecule has 6 nitrogen and oxygen atoms in total. The van der Waals surface area contributed by atoms with Crippen LogP contribution in [0.5, 0.6) is 11.5 Å². The molecular formula is C24H28N2O4. The Morgan fingerprint density at radius 2 is 1.97 bits per heavy atom. The van der Waals surface area contributed by atoms with E-state index < -0.39 is 0 Å². The third kappa shape index (κ3) is 5.63. The molecule has 0 aromatic heterocycles. The number of para-hydroxylation sites is 1. The first-order valence-corrected chi connectivity index (χ1v) is 10.2. The molecule has 0 spiro atoms. The summed E-state index contributed by atoms with van der Waals surface area (Å²) in [5, 5.41) is 2.94. The Labute approximate surface area is 177 Å². The van der Waals surface area contributed by atoms with E-state index in [1.165, 1.54) is 0 Å². The number of nitrogens with zero attached hydrogens (tertiary/aromatic N) is 1. The molecule has 0 aliphatic carbocycles. The number of anilines is 1. The Morgan fingerprint density at radius 1 is 1.17 bits per heavy atom. The molecule has 3 rings (SSSR count). The fourth-order valence-electron chi connectivity index (χ4n) is 3.49. The second-order valence-corrected chi connectivity index (χ2v) is 7.16. The summed E-state index contributed by atoms with van der Waals surface area (Å²) >= 11 is 0. The van der Waals surface area contributed by atoms with E-state index in [1.807, 2.05) is 55.5 Å². The minimum absolute atomic E-state index is 0.0427. The molecule has 158 valence electrons. The van der Waals surface area contributed by atoms with Crippen LogP contribution in [-0.4, -0.2) is 43.5 Å². The third-order valence-electron chi connectivity index (χ3n) is 5.05. The van der Waals surface area contributed by atoms with Gasteiger partial charge in [0, 0.05) is 24.9 Å². The Hall–Kier alpha value is -3.28. The molecule has 1 aliphatic heterocycles. The Morgan fingerprint density at radius 3 is 2.70 bits per heavy atom. The summed E-state index contributed by atoms with van der Waals surface area (Å²) in [4.78, 5) is 27.0. The van der Waals surface area contributed by atoms with Crippen LogP contribution in [0.15, 0.2) is 54.6 Å². The lowest BCUT2D eigenvalue weighted by Crippen LogP contribution is -2.43. The van der Waals surface area contributed by atoms with Crippen LogP contribution in [0.2, 0.25) is 0 Å². The van der Waals surface area contributed by atoms with E-state index in [2.05, 4.69) is 5.32 Å². The van der Waals surface area contributed by atoms with Crippen molar-refractivity contribution in [3.05, 3.63) is 60.2 Å². The predicted molar refractivity (Wildman–Crippen MR) is 118 cm³/mol. The van der Waals surface area contributed by atoms with Crippen molar-refractivity contribution in [2.24, 2.45) is 5.92 Å². The number of amides is 2. The molecular weight excluding hydrogens is 380 g/mol. The van der Waals surface area contributed by atoms with Gasteiger partial charge >= 0.3 is 0 Å². The number of benzene rings is 2. The first kappa shape index (κ1) is 21.4. The largest absolute Gasteiger partial charge is 0.493 e. The molecule has 1 aliphatic rings. The van der Waals surface area contributed by atoms with Gasteiger partial charge in [-0.15, -0.1) is 0 Å². The number of ether oxygens (including phenoxy) is 2. The molecule has 2 aromatic rings. The summed E-state index contributed by atoms with van der Waals surface area (Å²) < 4.78 is 10.9. The van der Waals surface area contributed by atoms with Gasteiger partial charge in [-0.1, -0.05) is 24.3 Å². The molecule has 1 heterocycles. The molecule has 1 fully saturated rings. The smallest absolute Gasteiger partial charge is 0.246 e. The van der Waals surface area contributed by atoms with Crippen LogP contribution in [0.4, 0.5) is 5.69 Å². The van der Waals surface area contributed by atoms with Gasteiger partial charge in [-0.2, -0.15) is 0 Å². The van der Waals surface area contributed by atoms with Crippen LogP contribution < -0.4 is 14.8 Å². The summed E-state index contributed by atoms with van der Waals surface area (Å²) in [6.45, 7) is 3.55. The number of hydrogen-bond donors (Lipinski definition) is 1. The standard InChI is InChI=1S/C24H28N2O4/c1-3-30-21-13-11-18(16-22(21)29-2)12-14-23(27)26-15-7-8-19(17-26)24(28)25-20-9-5-4-6-10-20/h4-6,9-14,16,19H,3,7-8,15,17H2,1-2H3,(H,25,28). The average molecular weight is 408 g/mol. The Balaban J connectivity index is 1.60. The average Bonchev–Trinajstić information content (AvgIpc) is 2.79. The summed E-state index contributed by atoms with van der Waals surface area (Å²) in [5.74, 6) is 0.953. The van der Waals surface area contributed by atoms with Crippen molar-refractivity contribution in [3.8, 4) is 11.5 Å². The molecule has 1 atom stereocenters. The number of methoxy groups -OCH3 is 1. The number of nitrogens with one attached hydrogen (secondary N) is 1. The van der Waals surface area contributed by atoms with Gasteiger partial charge < -0.3 is 19.7 Å². The maximum atomic E-state index is 12.7. The van der Waals surface area contributed by atoms with Gasteiger partial charge in [0.05, 0.1) is 19.6 Å². The van der Waals surface area contributed by atoms with Crippen molar-refractivity contribution in [2.75, 3.05) is 32.1 Å². The van der Waals surface area contributed by atoms with Crippen LogP contribution in [0, 0.1) is 5.92 Å². The van der Waals surface area contributed by atoms with Crippen LogP contribution >= 0.6 is 0 Å². The lowest BCUT2D eigenvalue weighted by atomic mass is 9.97. The van der Waals surface area contributed by atoms with E-state index in [0.29, 0.717) is 31.2 Å². The zero-order chi connectivity index (χ0) is 21.3. The highest BCUT2D eigenvalue weighted by molar-refractivity contribution is 5.95. The van der Waals surface area contributed by atoms with Gasteiger partial charge in [-0.25, -0.2) is 0 Å². The molecule has 30 heavy (non-hydrogen) atoms. The second kappa shape index (κ2) is 10.5. The first-order chi connectivity index (χ1) is 14.6. The first-order valence-electron chi connectivity index (χ1n) is 10.2. The second-order valence-electron chi connectivity index (χ2n) is 7.16. The summed E-state index contributed by atoms with van der Waals surface area (Å²) in [5.41, 5.74) is 1.62. The quantitative estimate of drug-likeness (QED) is 0.704. The monoisotopic (exact) mass is 408 g/mol. The van der Waals surface area contributed by atoms with Crippen molar-refractivity contribution < 1.29 is 19.1 Å². The van der Waals surface area contributed by atoms with Crippen LogP contribution in [0.3, 0.4) is 0 Å². The number of piperidine rings is 1. The SMILES string of the molecule is CCOc1ccc(C=CC(=O)N2CCCC(C(=O)Nc3ccccc3)C2)cc1OC. The molecule has 0 radical (unpaired) electrons. The highest BCUT2D eigenvalue weighted by Crippen LogP contribution is 2.28. The topological polar surface area (TPSA) is 67.9 Å². The van der Waals surface area contributed by atoms with Crippen LogP contribution in [0.25, 0.3) is 6.08 Å². The van der Waals surface area contributed by atoms with E-state index in [1.54, 1.807) is 24.2 Å². The lowest BCUT2D eigenvalue weighted by molar-refractivity contribution is -0.130. The predicted octanol–water partition coefficient (Wildman–Crippen LogP) is 3.98. The fraction of sp³-hybridized carbons (Fsp3) is 0.333. The minimum Gasteiger partial charge on any atom is -0.493 e. The molecule has 0 bridgehead atoms. The molecule has 1 unspecified atom stereocenters. The van der Waals surface area contributed by atoms with E-state index in [0.717, 1.165) is 24.1 Å². The Kier molecular flexibility index (Phi) is 7.49. The fourth-order valence-corrected chi connectivity index (χ4v) is 3.49. The van der Waals surface area contributed by atoms with Gasteiger partial charge in [0.15, 0.2) is 11.5 Å². The summed E-state index contributed by atoms with van der Waals surface area (Å²) in [6.07, 6.45) is 4.90. The summed E-state index contributed by atoms with van der Waals surface area (Å²) in [7, 11) is 1.59. The van der Waals surface area contributed by atoms with Gasteiger partial charge in [-0.05, 0) is 55.7 Å². The summed E-state index contributed by atoms with van der Waals surface area (Å²) in [6, 6.07) is 14.9. The van der Waals surface area contributed by atoms with Gasteiger partial charge in [-0.3, -0.25) is 9.59 Å². The van der Waals surface area contributed by atoms with Gasteiger partial charge in [0.1, 0.15) is 0 Å². The number of hydrogen-bond acceptors (Lipinski definition) is 4. The van der Waals surface area contributed by atoms with Crippen molar-refractivity contribution in [1.29, 1.82) is 0 Å². The van der Waals surface area contributed by atoms with Crippen LogP contribution in [0.1, 0.15) is 25.3 Å². The third-order valence-corrected chi connectivity index (χ3v) is 5.05. The lowest BCUT2D eigenvalue weighted by Gasteiger charge is -2.31. The number of rotatable bonds is 7. The normalized spacial score (nSPS) is 16.3. The molecule has 6 heteroatoms. The molecule has 1 saturated heterocycles. The van der Waals surface area contributed by atoms with Gasteiger partial charge in [0.2, 0.25) is 11.8 Å². The van der Waals surface area contributed by atoms with Crippen LogP contribution in [-0.2, 0) is 9.59 Å². The molecule has 1 N–H and O–H groups in total. The Bertz CT molecular complexity index is 895. The van der Waals surface area contributed by atoms with E-state index in [9.17, 15) is 9.59 Å². The van der Waals surface area contributed by atoms with Crippen molar-refractivity contribution in [2.45, 2.75) is 19.8 Å². The molecule has 2 amide bonds. The minimum atomic E-state index is -0.207. The highest BCUT2D eigenvalue weighted by atomic mass is 16.5. The van der Waals surface area contributed by atoms with E-state index in [-0.39, 0.29) is 17.7 Å². The van der Waals surface area contributed by atoms with E-state index in [4.69, 9.17) is 9.47 Å². The van der Waals surface area contributed by atoms with Crippen molar-refractivity contribution in [3.63, 3.8) is 0 Å². The molecule has 0 saturated carbocycles. The number of carbonyl (C=O) groups is 2. The maximum absolute atomic E-state index is 12.7. The van der Waals surface area contributed by atoms with Crippen molar-refractivity contribution >= 4 is 23.6 Å².